The predicted molar refractivity (Wildman–Crippen MR) is 113 cm³/mol. The van der Waals surface area contributed by atoms with Crippen LogP contribution in [0.4, 0.5) is 4.39 Å². The molecule has 4 rings (SSSR count). The third-order valence-corrected chi connectivity index (χ3v) is 6.51. The number of rotatable bonds is 5. The van der Waals surface area contributed by atoms with Crippen LogP contribution in [0.2, 0.25) is 0 Å². The van der Waals surface area contributed by atoms with E-state index in [1.807, 2.05) is 35.7 Å². The summed E-state index contributed by atoms with van der Waals surface area (Å²) < 4.78 is 13.1. The van der Waals surface area contributed by atoms with Gasteiger partial charge in [0.1, 0.15) is 16.9 Å². The molecule has 0 unspecified atom stereocenters. The van der Waals surface area contributed by atoms with Gasteiger partial charge in [0.25, 0.3) is 5.91 Å². The molecular formula is C21H18FN3O2S2. The maximum absolute atomic E-state index is 13.1. The van der Waals surface area contributed by atoms with Crippen LogP contribution in [0.25, 0.3) is 10.6 Å². The first-order chi connectivity index (χ1) is 14.1. The van der Waals surface area contributed by atoms with Gasteiger partial charge in [-0.05, 0) is 24.3 Å². The molecule has 5 nitrogen and oxygen atoms in total. The van der Waals surface area contributed by atoms with Gasteiger partial charge in [-0.25, -0.2) is 9.37 Å². The Hall–Kier alpha value is -2.71. The van der Waals surface area contributed by atoms with Crippen LogP contribution < -0.4 is 5.32 Å². The molecule has 0 radical (unpaired) electrons. The number of nitrogens with one attached hydrogen (secondary N) is 1. The minimum atomic E-state index is -0.551. The van der Waals surface area contributed by atoms with E-state index in [4.69, 9.17) is 0 Å². The molecule has 2 amide bonds. The Balaban J connectivity index is 1.38. The Labute approximate surface area is 176 Å². The topological polar surface area (TPSA) is 62.3 Å². The van der Waals surface area contributed by atoms with Crippen LogP contribution in [0, 0.1) is 5.82 Å². The van der Waals surface area contributed by atoms with Crippen molar-refractivity contribution in [1.82, 2.24) is 15.2 Å². The molecule has 2 aromatic carbocycles. The zero-order valence-electron chi connectivity index (χ0n) is 15.4. The molecule has 148 valence electrons. The normalized spacial score (nSPS) is 16.0. The van der Waals surface area contributed by atoms with Crippen LogP contribution >= 0.6 is 23.1 Å². The first-order valence-corrected chi connectivity index (χ1v) is 11.1. The first-order valence-electron chi connectivity index (χ1n) is 9.03. The Bertz CT molecular complexity index is 1010. The van der Waals surface area contributed by atoms with E-state index in [1.54, 1.807) is 0 Å². The summed E-state index contributed by atoms with van der Waals surface area (Å²) in [4.78, 5) is 31.5. The van der Waals surface area contributed by atoms with Gasteiger partial charge < -0.3 is 10.2 Å². The van der Waals surface area contributed by atoms with Gasteiger partial charge in [-0.1, -0.05) is 30.3 Å². The second-order valence-corrected chi connectivity index (χ2v) is 8.38. The highest BCUT2D eigenvalue weighted by molar-refractivity contribution is 7.99. The van der Waals surface area contributed by atoms with Gasteiger partial charge in [0, 0.05) is 22.3 Å². The monoisotopic (exact) mass is 427 g/mol. The maximum atomic E-state index is 13.1. The van der Waals surface area contributed by atoms with Crippen molar-refractivity contribution in [2.45, 2.75) is 12.6 Å². The quantitative estimate of drug-likeness (QED) is 0.673. The number of benzene rings is 2. The molecule has 2 heterocycles. The highest BCUT2D eigenvalue weighted by atomic mass is 32.2. The fourth-order valence-electron chi connectivity index (χ4n) is 3.02. The molecule has 1 N–H and O–H groups in total. The van der Waals surface area contributed by atoms with Crippen LogP contribution in [0.15, 0.2) is 60.0 Å². The van der Waals surface area contributed by atoms with Crippen molar-refractivity contribution in [2.24, 2.45) is 0 Å². The third-order valence-electron chi connectivity index (χ3n) is 4.55. The smallest absolute Gasteiger partial charge is 0.255 e. The second-order valence-electron chi connectivity index (χ2n) is 6.53. The van der Waals surface area contributed by atoms with E-state index in [0.29, 0.717) is 23.7 Å². The zero-order valence-corrected chi connectivity index (χ0v) is 17.0. The summed E-state index contributed by atoms with van der Waals surface area (Å²) in [5.74, 6) is 0.0912. The lowest BCUT2D eigenvalue weighted by molar-refractivity contribution is -0.124. The van der Waals surface area contributed by atoms with E-state index in [-0.39, 0.29) is 11.8 Å². The fraction of sp³-hybridized carbons (Fsp3) is 0.190. The Kier molecular flexibility index (Phi) is 5.92. The van der Waals surface area contributed by atoms with Gasteiger partial charge in [-0.15, -0.1) is 23.1 Å². The van der Waals surface area contributed by atoms with Gasteiger partial charge in [0.05, 0.1) is 18.1 Å². The molecule has 1 fully saturated rings. The number of carbonyl (C=O) groups is 2. The van der Waals surface area contributed by atoms with Crippen LogP contribution in [0.3, 0.4) is 0 Å². The lowest BCUT2D eigenvalue weighted by atomic mass is 10.1. The van der Waals surface area contributed by atoms with Crippen LogP contribution in [-0.4, -0.2) is 39.4 Å². The van der Waals surface area contributed by atoms with E-state index < -0.39 is 11.9 Å². The summed E-state index contributed by atoms with van der Waals surface area (Å²) >= 11 is 3.05. The predicted octanol–water partition coefficient (Wildman–Crippen LogP) is 3.78. The van der Waals surface area contributed by atoms with Crippen molar-refractivity contribution >= 4 is 34.9 Å². The highest BCUT2D eigenvalue weighted by Crippen LogP contribution is 2.25. The Morgan fingerprint density at radius 3 is 2.66 bits per heavy atom. The van der Waals surface area contributed by atoms with Crippen molar-refractivity contribution in [3.8, 4) is 10.6 Å². The number of carbonyl (C=O) groups excluding carboxylic acids is 2. The SMILES string of the molecule is O=C(NCc1csc(-c2ccccc2)n1)[C@H]1CSCN1C(=O)c1ccc(F)cc1. The average molecular weight is 428 g/mol. The standard InChI is InChI=1S/C21H18FN3O2S2/c22-16-8-6-15(7-9-16)21(27)25-13-28-12-18(25)19(26)23-10-17-11-29-20(24-17)14-4-2-1-3-5-14/h1-9,11,18H,10,12-13H2,(H,23,26)/t18-/m1/s1. The average Bonchev–Trinajstić information content (AvgIpc) is 3.43. The zero-order chi connectivity index (χ0) is 20.2. The molecule has 1 aliphatic rings. The first kappa shape index (κ1) is 19.6. The number of nitrogens with zero attached hydrogens (tertiary/aromatic N) is 2. The summed E-state index contributed by atoms with van der Waals surface area (Å²) in [6.07, 6.45) is 0. The molecule has 1 saturated heterocycles. The minimum Gasteiger partial charge on any atom is -0.349 e. The third kappa shape index (κ3) is 4.49. The molecule has 0 spiro atoms. The van der Waals surface area contributed by atoms with Crippen molar-refractivity contribution in [1.29, 1.82) is 0 Å². The van der Waals surface area contributed by atoms with Crippen LogP contribution in [0.5, 0.6) is 0 Å². The summed E-state index contributed by atoms with van der Waals surface area (Å²) in [5.41, 5.74) is 2.20. The molecule has 8 heteroatoms. The minimum absolute atomic E-state index is 0.209. The lowest BCUT2D eigenvalue weighted by Gasteiger charge is -2.23. The molecule has 1 aromatic heterocycles. The summed E-state index contributed by atoms with van der Waals surface area (Å²) in [6, 6.07) is 14.7. The van der Waals surface area contributed by atoms with E-state index >= 15 is 0 Å². The van der Waals surface area contributed by atoms with Gasteiger partial charge in [0.2, 0.25) is 5.91 Å². The molecule has 1 atom stereocenters. The lowest BCUT2D eigenvalue weighted by Crippen LogP contribution is -2.47. The molecule has 0 bridgehead atoms. The van der Waals surface area contributed by atoms with Crippen molar-refractivity contribution in [3.05, 3.63) is 77.1 Å². The van der Waals surface area contributed by atoms with Crippen molar-refractivity contribution in [3.63, 3.8) is 0 Å². The molecule has 1 aliphatic heterocycles. The molecular weight excluding hydrogens is 409 g/mol. The Morgan fingerprint density at radius 2 is 1.90 bits per heavy atom. The van der Waals surface area contributed by atoms with Crippen LogP contribution in [-0.2, 0) is 11.3 Å². The number of hydrogen-bond donors (Lipinski definition) is 1. The van der Waals surface area contributed by atoms with Gasteiger partial charge in [-0.2, -0.15) is 0 Å². The van der Waals surface area contributed by atoms with E-state index in [2.05, 4.69) is 10.3 Å². The summed E-state index contributed by atoms with van der Waals surface area (Å²) in [6.45, 7) is 0.307. The number of thiazole rings is 1. The number of amides is 2. The number of hydrogen-bond acceptors (Lipinski definition) is 5. The van der Waals surface area contributed by atoms with E-state index in [9.17, 15) is 14.0 Å². The largest absolute Gasteiger partial charge is 0.349 e. The fourth-order valence-corrected chi connectivity index (χ4v) is 4.99. The molecule has 0 aliphatic carbocycles. The number of halogens is 1. The molecule has 0 saturated carbocycles. The van der Waals surface area contributed by atoms with Crippen LogP contribution in [0.1, 0.15) is 16.1 Å². The second kappa shape index (κ2) is 8.75. The molecule has 29 heavy (non-hydrogen) atoms. The molecule has 3 aromatic rings. The summed E-state index contributed by atoms with van der Waals surface area (Å²) in [7, 11) is 0. The van der Waals surface area contributed by atoms with Crippen molar-refractivity contribution < 1.29 is 14.0 Å². The van der Waals surface area contributed by atoms with E-state index in [0.717, 1.165) is 16.3 Å². The highest BCUT2D eigenvalue weighted by Gasteiger charge is 2.35. The maximum Gasteiger partial charge on any atom is 0.255 e. The number of thioether (sulfide) groups is 1. The number of aromatic nitrogens is 1. The van der Waals surface area contributed by atoms with E-state index in [1.165, 1.54) is 52.3 Å². The van der Waals surface area contributed by atoms with Gasteiger partial charge >= 0.3 is 0 Å². The van der Waals surface area contributed by atoms with Gasteiger partial charge in [0.15, 0.2) is 0 Å². The summed E-state index contributed by atoms with van der Waals surface area (Å²) in [5, 5.41) is 5.72. The Morgan fingerprint density at radius 1 is 1.14 bits per heavy atom. The van der Waals surface area contributed by atoms with Gasteiger partial charge in [-0.3, -0.25) is 9.59 Å². The van der Waals surface area contributed by atoms with Crippen molar-refractivity contribution in [2.75, 3.05) is 11.6 Å².